The van der Waals surface area contributed by atoms with Crippen LogP contribution in [0.2, 0.25) is 0 Å². The van der Waals surface area contributed by atoms with Crippen molar-refractivity contribution in [2.45, 2.75) is 361 Å². The standard InChI is InChI=1S/C71H128O6/c1-4-7-10-13-16-19-22-25-28-31-33-34-35-36-37-39-40-43-46-49-52-55-58-61-64-70(73)76-67-68(66-75-69(72)63-60-57-54-51-48-45-42-30-27-24-21-18-15-12-9-6-3)77-71(74)65-62-59-56-53-50-47-44-41-38-32-29-26-23-20-17-14-11-8-5-2/h17,20-21,24,26,29-30,38,41-42,68H,4-16,18-19,22-23,25,27-28,31-37,39-40,43-67H2,1-3H3/b20-17-,24-21-,29-26-,41-38-,42-30-. The highest BCUT2D eigenvalue weighted by atomic mass is 16.6. The Balaban J connectivity index is 4.33. The van der Waals surface area contributed by atoms with Crippen LogP contribution in [-0.4, -0.2) is 37.2 Å². The number of hydrogen-bond acceptors (Lipinski definition) is 6. The molecule has 0 aliphatic carbocycles. The molecule has 0 radical (unpaired) electrons. The van der Waals surface area contributed by atoms with Gasteiger partial charge in [0.15, 0.2) is 6.10 Å². The third-order valence-electron chi connectivity index (χ3n) is 15.0. The molecule has 0 heterocycles. The lowest BCUT2D eigenvalue weighted by atomic mass is 10.0. The van der Waals surface area contributed by atoms with Crippen LogP contribution in [0.5, 0.6) is 0 Å². The van der Waals surface area contributed by atoms with E-state index in [0.717, 1.165) is 103 Å². The van der Waals surface area contributed by atoms with Crippen LogP contribution in [0.4, 0.5) is 0 Å². The lowest BCUT2D eigenvalue weighted by molar-refractivity contribution is -0.167. The third kappa shape index (κ3) is 63.8. The van der Waals surface area contributed by atoms with Gasteiger partial charge in [-0.25, -0.2) is 0 Å². The van der Waals surface area contributed by atoms with Gasteiger partial charge in [0.1, 0.15) is 13.2 Å². The van der Waals surface area contributed by atoms with Gasteiger partial charge >= 0.3 is 17.9 Å². The van der Waals surface area contributed by atoms with E-state index in [1.807, 2.05) is 0 Å². The molecule has 1 unspecified atom stereocenters. The Kier molecular flexibility index (Phi) is 63.2. The minimum Gasteiger partial charge on any atom is -0.462 e. The molecule has 6 nitrogen and oxygen atoms in total. The number of unbranched alkanes of at least 4 members (excludes halogenated alkanes) is 41. The van der Waals surface area contributed by atoms with Crippen molar-refractivity contribution in [3.63, 3.8) is 0 Å². The summed E-state index contributed by atoms with van der Waals surface area (Å²) in [5, 5.41) is 0. The largest absolute Gasteiger partial charge is 0.462 e. The first kappa shape index (κ1) is 74.1. The van der Waals surface area contributed by atoms with Gasteiger partial charge in [0, 0.05) is 19.3 Å². The van der Waals surface area contributed by atoms with E-state index in [4.69, 9.17) is 14.2 Å². The first-order valence-electron chi connectivity index (χ1n) is 33.8. The van der Waals surface area contributed by atoms with Gasteiger partial charge in [0.2, 0.25) is 0 Å². The Morgan fingerprint density at radius 1 is 0.260 bits per heavy atom. The molecule has 6 heteroatoms. The zero-order valence-electron chi connectivity index (χ0n) is 51.5. The maximum Gasteiger partial charge on any atom is 0.306 e. The topological polar surface area (TPSA) is 78.9 Å². The average molecular weight is 1080 g/mol. The number of carbonyl (C=O) groups is 3. The second-order valence-corrected chi connectivity index (χ2v) is 22.7. The molecule has 0 saturated heterocycles. The van der Waals surface area contributed by atoms with E-state index in [2.05, 4.69) is 81.5 Å². The van der Waals surface area contributed by atoms with E-state index < -0.39 is 6.10 Å². The van der Waals surface area contributed by atoms with Gasteiger partial charge in [-0.3, -0.25) is 14.4 Å². The van der Waals surface area contributed by atoms with Crippen LogP contribution in [0.25, 0.3) is 0 Å². The molecule has 77 heavy (non-hydrogen) atoms. The fourth-order valence-corrected chi connectivity index (χ4v) is 9.89. The van der Waals surface area contributed by atoms with Crippen molar-refractivity contribution in [3.8, 4) is 0 Å². The summed E-state index contributed by atoms with van der Waals surface area (Å²) in [4.78, 5) is 38.4. The Morgan fingerprint density at radius 3 is 0.766 bits per heavy atom. The van der Waals surface area contributed by atoms with Crippen LogP contribution in [0.15, 0.2) is 60.8 Å². The van der Waals surface area contributed by atoms with Gasteiger partial charge in [-0.05, 0) is 89.9 Å². The Bertz CT molecular complexity index is 1380. The number of rotatable bonds is 62. The highest BCUT2D eigenvalue weighted by Gasteiger charge is 2.19. The van der Waals surface area contributed by atoms with Crippen LogP contribution in [0.3, 0.4) is 0 Å². The summed E-state index contributed by atoms with van der Waals surface area (Å²) in [6.45, 7) is 6.63. The average Bonchev–Trinajstić information content (AvgIpc) is 3.43. The van der Waals surface area contributed by atoms with Crippen molar-refractivity contribution < 1.29 is 28.6 Å². The summed E-state index contributed by atoms with van der Waals surface area (Å²) in [5.74, 6) is -0.887. The van der Waals surface area contributed by atoms with Crippen molar-refractivity contribution >= 4 is 17.9 Å². The molecule has 0 spiro atoms. The van der Waals surface area contributed by atoms with Gasteiger partial charge in [-0.15, -0.1) is 0 Å². The molecule has 0 saturated carbocycles. The molecular formula is C71H128O6. The van der Waals surface area contributed by atoms with Gasteiger partial charge in [-0.1, -0.05) is 306 Å². The number of carbonyl (C=O) groups excluding carboxylic acids is 3. The van der Waals surface area contributed by atoms with Crippen LogP contribution < -0.4 is 0 Å². The van der Waals surface area contributed by atoms with Gasteiger partial charge in [0.25, 0.3) is 0 Å². The zero-order chi connectivity index (χ0) is 55.7. The van der Waals surface area contributed by atoms with E-state index in [-0.39, 0.29) is 31.1 Å². The fraction of sp³-hybridized carbons (Fsp3) is 0.817. The summed E-state index contributed by atoms with van der Waals surface area (Å²) in [5.41, 5.74) is 0. The quantitative estimate of drug-likeness (QED) is 0.0261. The molecule has 0 bridgehead atoms. The molecule has 0 aromatic heterocycles. The minimum absolute atomic E-state index is 0.0810. The highest BCUT2D eigenvalue weighted by Crippen LogP contribution is 2.18. The molecule has 1 atom stereocenters. The van der Waals surface area contributed by atoms with E-state index in [1.54, 1.807) is 0 Å². The number of allylic oxidation sites excluding steroid dienone is 10. The molecule has 0 fully saturated rings. The Hall–Kier alpha value is -2.89. The second-order valence-electron chi connectivity index (χ2n) is 22.7. The van der Waals surface area contributed by atoms with E-state index in [9.17, 15) is 14.4 Å². The fourth-order valence-electron chi connectivity index (χ4n) is 9.89. The summed E-state index contributed by atoms with van der Waals surface area (Å²) in [6, 6.07) is 0. The first-order chi connectivity index (χ1) is 38.0. The highest BCUT2D eigenvalue weighted by molar-refractivity contribution is 5.71. The van der Waals surface area contributed by atoms with Crippen molar-refractivity contribution in [1.82, 2.24) is 0 Å². The van der Waals surface area contributed by atoms with Gasteiger partial charge in [-0.2, -0.15) is 0 Å². The normalized spacial score (nSPS) is 12.4. The predicted molar refractivity (Wildman–Crippen MR) is 335 cm³/mol. The van der Waals surface area contributed by atoms with E-state index in [0.29, 0.717) is 19.3 Å². The predicted octanol–water partition coefficient (Wildman–Crippen LogP) is 23.1. The Labute approximate surface area is 479 Å². The van der Waals surface area contributed by atoms with Crippen molar-refractivity contribution in [2.24, 2.45) is 0 Å². The smallest absolute Gasteiger partial charge is 0.306 e. The maximum absolute atomic E-state index is 12.9. The van der Waals surface area contributed by atoms with E-state index >= 15 is 0 Å². The van der Waals surface area contributed by atoms with Crippen molar-refractivity contribution in [3.05, 3.63) is 60.8 Å². The van der Waals surface area contributed by atoms with Crippen molar-refractivity contribution in [2.75, 3.05) is 13.2 Å². The monoisotopic (exact) mass is 1080 g/mol. The summed E-state index contributed by atoms with van der Waals surface area (Å²) >= 11 is 0. The Morgan fingerprint density at radius 2 is 0.468 bits per heavy atom. The van der Waals surface area contributed by atoms with E-state index in [1.165, 1.54) is 212 Å². The van der Waals surface area contributed by atoms with Crippen molar-refractivity contribution in [1.29, 1.82) is 0 Å². The molecule has 0 aliphatic heterocycles. The SMILES string of the molecule is CCCCC/C=C\C/C=C\C/C=C\CCCCCCCCC(=O)OC(COC(=O)CCCCCCC/C=C\C/C=C\CCCCCC)COC(=O)CCCCCCCCCCCCCCCCCCCCCCCCCC. The molecule has 0 aromatic rings. The summed E-state index contributed by atoms with van der Waals surface area (Å²) < 4.78 is 17.0. The molecule has 0 amide bonds. The van der Waals surface area contributed by atoms with Crippen LogP contribution >= 0.6 is 0 Å². The second kappa shape index (κ2) is 65.6. The van der Waals surface area contributed by atoms with Crippen LogP contribution in [-0.2, 0) is 28.6 Å². The first-order valence-corrected chi connectivity index (χ1v) is 33.8. The molecular weight excluding hydrogens is 949 g/mol. The number of hydrogen-bond donors (Lipinski definition) is 0. The summed E-state index contributed by atoms with van der Waals surface area (Å²) in [6.07, 6.45) is 83.8. The summed E-state index contributed by atoms with van der Waals surface area (Å²) in [7, 11) is 0. The maximum atomic E-state index is 12.9. The number of ether oxygens (including phenoxy) is 3. The third-order valence-corrected chi connectivity index (χ3v) is 15.0. The van der Waals surface area contributed by atoms with Crippen LogP contribution in [0.1, 0.15) is 355 Å². The van der Waals surface area contributed by atoms with Gasteiger partial charge in [0.05, 0.1) is 0 Å². The molecule has 0 aliphatic rings. The molecule has 0 rings (SSSR count). The lowest BCUT2D eigenvalue weighted by Crippen LogP contribution is -2.30. The zero-order valence-corrected chi connectivity index (χ0v) is 51.5. The van der Waals surface area contributed by atoms with Gasteiger partial charge < -0.3 is 14.2 Å². The molecule has 0 aromatic carbocycles. The molecule has 448 valence electrons. The number of esters is 3. The minimum atomic E-state index is -0.787. The molecule has 0 N–H and O–H groups in total. The van der Waals surface area contributed by atoms with Crippen LogP contribution in [0, 0.1) is 0 Å². The lowest BCUT2D eigenvalue weighted by Gasteiger charge is -2.18.